The molecule has 1 saturated heterocycles. The van der Waals surface area contributed by atoms with Gasteiger partial charge in [-0.1, -0.05) is 47.5 Å². The first kappa shape index (κ1) is 20.7. The summed E-state index contributed by atoms with van der Waals surface area (Å²) in [6.45, 7) is 6.24. The van der Waals surface area contributed by atoms with E-state index in [1.54, 1.807) is 13.4 Å². The Morgan fingerprint density at radius 3 is 2.69 bits per heavy atom. The van der Waals surface area contributed by atoms with Crippen molar-refractivity contribution < 1.29 is 0 Å². The molecule has 1 heterocycles. The molecule has 0 bridgehead atoms. The standard InChI is InChI=1S/C20H33BN5/c1-22-17-24-18-23-12-11-19-7-3-5-9-20(10-6-4-8-19)21-26-15-13-25(2)14-16-26/h3,6-10,17,23H,4-5,11-16,18H2,1-2H3,(H,22,24)/b7-3?,10-6-,19-8?,20-9+. The third-order valence-electron chi connectivity index (χ3n) is 4.56. The van der Waals surface area contributed by atoms with Crippen LogP contribution in [0, 0.1) is 0 Å². The van der Waals surface area contributed by atoms with Gasteiger partial charge in [-0.3, -0.25) is 10.3 Å². The van der Waals surface area contributed by atoms with Gasteiger partial charge in [0.25, 0.3) is 0 Å². The van der Waals surface area contributed by atoms with Crippen LogP contribution in [0.25, 0.3) is 0 Å². The third-order valence-corrected chi connectivity index (χ3v) is 4.56. The Balaban J connectivity index is 1.75. The highest BCUT2D eigenvalue weighted by Crippen LogP contribution is 2.11. The Labute approximate surface area is 159 Å². The summed E-state index contributed by atoms with van der Waals surface area (Å²) in [6.07, 6.45) is 18.4. The van der Waals surface area contributed by atoms with E-state index in [4.69, 9.17) is 0 Å². The van der Waals surface area contributed by atoms with Gasteiger partial charge in [0.2, 0.25) is 7.41 Å². The second-order valence-electron chi connectivity index (χ2n) is 6.75. The Kier molecular flexibility index (Phi) is 10.1. The number of rotatable bonds is 8. The van der Waals surface area contributed by atoms with E-state index in [9.17, 15) is 0 Å². The largest absolute Gasteiger partial charge is 0.364 e. The minimum atomic E-state index is 0.752. The second kappa shape index (κ2) is 12.7. The van der Waals surface area contributed by atoms with Crippen LogP contribution in [0.2, 0.25) is 0 Å². The van der Waals surface area contributed by atoms with Gasteiger partial charge in [-0.2, -0.15) is 0 Å². The Morgan fingerprint density at radius 2 is 1.88 bits per heavy atom. The first-order valence-electron chi connectivity index (χ1n) is 9.62. The summed E-state index contributed by atoms with van der Waals surface area (Å²) in [5.41, 5.74) is 2.72. The first-order chi connectivity index (χ1) is 12.8. The predicted molar refractivity (Wildman–Crippen MR) is 114 cm³/mol. The highest BCUT2D eigenvalue weighted by atomic mass is 15.2. The van der Waals surface area contributed by atoms with Crippen molar-refractivity contribution in [3.05, 3.63) is 47.5 Å². The number of likely N-dealkylation sites (N-methyl/N-ethyl adjacent to an activating group) is 1. The zero-order chi connectivity index (χ0) is 18.5. The zero-order valence-electron chi connectivity index (χ0n) is 16.3. The summed E-state index contributed by atoms with van der Waals surface area (Å²) in [6, 6.07) is 0. The quantitative estimate of drug-likeness (QED) is 0.229. The maximum atomic E-state index is 3.89. The number of hydrogen-bond acceptors (Lipinski definition) is 4. The van der Waals surface area contributed by atoms with Crippen LogP contribution >= 0.6 is 0 Å². The van der Waals surface area contributed by atoms with Gasteiger partial charge in [-0.05, 0) is 26.3 Å². The smallest absolute Gasteiger partial charge is 0.247 e. The van der Waals surface area contributed by atoms with Crippen LogP contribution in [0.15, 0.2) is 52.5 Å². The lowest BCUT2D eigenvalue weighted by Crippen LogP contribution is -2.46. The molecule has 0 unspecified atom stereocenters. The van der Waals surface area contributed by atoms with Crippen LogP contribution in [0.4, 0.5) is 0 Å². The highest BCUT2D eigenvalue weighted by molar-refractivity contribution is 6.43. The summed E-state index contributed by atoms with van der Waals surface area (Å²) in [4.78, 5) is 8.72. The molecular weight excluding hydrogens is 321 g/mol. The maximum absolute atomic E-state index is 3.89. The molecule has 141 valence electrons. The zero-order valence-corrected chi connectivity index (χ0v) is 16.3. The van der Waals surface area contributed by atoms with Crippen LogP contribution in [0.1, 0.15) is 19.3 Å². The van der Waals surface area contributed by atoms with E-state index in [2.05, 4.69) is 76.3 Å². The number of piperazine rings is 1. The molecule has 26 heavy (non-hydrogen) atoms. The molecule has 0 aromatic heterocycles. The summed E-state index contributed by atoms with van der Waals surface area (Å²) < 4.78 is 0. The number of allylic oxidation sites excluding steroid dienone is 7. The lowest BCUT2D eigenvalue weighted by Gasteiger charge is -2.32. The van der Waals surface area contributed by atoms with E-state index in [0.29, 0.717) is 0 Å². The molecule has 6 heteroatoms. The molecule has 0 aromatic carbocycles. The lowest BCUT2D eigenvalue weighted by atomic mass is 9.77. The molecule has 2 rings (SSSR count). The van der Waals surface area contributed by atoms with Gasteiger partial charge in [-0.15, -0.1) is 0 Å². The number of hydrogen-bond donors (Lipinski definition) is 2. The Morgan fingerprint density at radius 1 is 1.12 bits per heavy atom. The van der Waals surface area contributed by atoms with Crippen molar-refractivity contribution in [3.8, 4) is 0 Å². The van der Waals surface area contributed by atoms with Crippen LogP contribution < -0.4 is 10.6 Å². The summed E-state index contributed by atoms with van der Waals surface area (Å²) in [5.74, 6) is 0. The lowest BCUT2D eigenvalue weighted by molar-refractivity contribution is 0.225. The molecule has 1 aliphatic carbocycles. The summed E-state index contributed by atoms with van der Waals surface area (Å²) in [7, 11) is 6.28. The Hall–Kier alpha value is -1.63. The van der Waals surface area contributed by atoms with E-state index in [0.717, 1.165) is 58.7 Å². The van der Waals surface area contributed by atoms with Crippen molar-refractivity contribution in [2.75, 3.05) is 53.5 Å². The van der Waals surface area contributed by atoms with Gasteiger partial charge in [-0.25, -0.2) is 0 Å². The molecule has 5 nitrogen and oxygen atoms in total. The number of nitrogens with one attached hydrogen (secondary N) is 2. The molecule has 1 fully saturated rings. The predicted octanol–water partition coefficient (Wildman–Crippen LogP) is 1.75. The van der Waals surface area contributed by atoms with E-state index < -0.39 is 0 Å². The summed E-state index contributed by atoms with van der Waals surface area (Å²) >= 11 is 0. The monoisotopic (exact) mass is 354 g/mol. The first-order valence-corrected chi connectivity index (χ1v) is 9.62. The Bertz CT molecular complexity index is 542. The molecule has 0 saturated carbocycles. The molecule has 0 spiro atoms. The van der Waals surface area contributed by atoms with Gasteiger partial charge < -0.3 is 15.0 Å². The molecular formula is C20H33BN5. The maximum Gasteiger partial charge on any atom is 0.247 e. The second-order valence-corrected chi connectivity index (χ2v) is 6.75. The third kappa shape index (κ3) is 8.65. The fourth-order valence-corrected chi connectivity index (χ4v) is 2.96. The van der Waals surface area contributed by atoms with Crippen LogP contribution in [0.3, 0.4) is 0 Å². The van der Waals surface area contributed by atoms with Gasteiger partial charge >= 0.3 is 0 Å². The van der Waals surface area contributed by atoms with Gasteiger partial charge in [0.1, 0.15) is 0 Å². The molecule has 2 aliphatic rings. The highest BCUT2D eigenvalue weighted by Gasteiger charge is 2.15. The van der Waals surface area contributed by atoms with Crippen molar-refractivity contribution >= 4 is 13.8 Å². The minimum Gasteiger partial charge on any atom is -0.364 e. The van der Waals surface area contributed by atoms with E-state index in [1.807, 2.05) is 0 Å². The van der Waals surface area contributed by atoms with Gasteiger partial charge in [0.05, 0.1) is 13.0 Å². The van der Waals surface area contributed by atoms with Gasteiger partial charge in [0, 0.05) is 39.8 Å². The SMILES string of the molecule is CN=CNCNCCC1=CC/C=C\C([B]N2CCN(C)CC2)=C/CC=C1. The van der Waals surface area contributed by atoms with Crippen molar-refractivity contribution in [1.82, 2.24) is 20.3 Å². The average Bonchev–Trinajstić information content (AvgIpc) is 2.66. The van der Waals surface area contributed by atoms with Gasteiger partial charge in [0.15, 0.2) is 0 Å². The van der Waals surface area contributed by atoms with Crippen LogP contribution in [-0.4, -0.2) is 77.0 Å². The van der Waals surface area contributed by atoms with Crippen LogP contribution in [0.5, 0.6) is 0 Å². The molecule has 1 radical (unpaired) electrons. The van der Waals surface area contributed by atoms with E-state index in [-0.39, 0.29) is 0 Å². The molecule has 2 N–H and O–H groups in total. The van der Waals surface area contributed by atoms with Crippen molar-refractivity contribution in [2.24, 2.45) is 4.99 Å². The van der Waals surface area contributed by atoms with E-state index in [1.165, 1.54) is 11.0 Å². The minimum absolute atomic E-state index is 0.752. The fourth-order valence-electron chi connectivity index (χ4n) is 2.96. The normalized spacial score (nSPS) is 23.3. The number of nitrogens with zero attached hydrogens (tertiary/aromatic N) is 3. The fraction of sp³-hybridized carbons (Fsp3) is 0.550. The summed E-state index contributed by atoms with van der Waals surface area (Å²) in [5, 5.41) is 6.45. The topological polar surface area (TPSA) is 42.9 Å². The molecule has 0 aromatic rings. The van der Waals surface area contributed by atoms with E-state index >= 15 is 0 Å². The van der Waals surface area contributed by atoms with Crippen molar-refractivity contribution in [2.45, 2.75) is 19.3 Å². The molecule has 0 atom stereocenters. The number of aliphatic imine (C=N–C) groups is 1. The van der Waals surface area contributed by atoms with Crippen molar-refractivity contribution in [3.63, 3.8) is 0 Å². The van der Waals surface area contributed by atoms with Crippen molar-refractivity contribution in [1.29, 1.82) is 0 Å². The average molecular weight is 354 g/mol. The molecule has 1 aliphatic heterocycles. The molecule has 0 amide bonds. The van der Waals surface area contributed by atoms with Crippen LogP contribution in [-0.2, 0) is 0 Å².